The molecule has 1 fully saturated rings. The molecule has 1 aromatic heterocycles. The predicted octanol–water partition coefficient (Wildman–Crippen LogP) is 4.28. The lowest BCUT2D eigenvalue weighted by Crippen LogP contribution is -2.37. The fourth-order valence-corrected chi connectivity index (χ4v) is 3.52. The van der Waals surface area contributed by atoms with E-state index in [1.54, 1.807) is 6.07 Å². The van der Waals surface area contributed by atoms with Gasteiger partial charge in [0.15, 0.2) is 0 Å². The van der Waals surface area contributed by atoms with Crippen LogP contribution in [0.3, 0.4) is 0 Å². The second-order valence-electron chi connectivity index (χ2n) is 7.05. The van der Waals surface area contributed by atoms with E-state index in [0.717, 1.165) is 18.7 Å². The SMILES string of the molecule is Cc1cc([N+](=O)[O-])cnc1NCc1ccccc1CN1CCCCC1C. The molecule has 1 unspecified atom stereocenters. The van der Waals surface area contributed by atoms with Crippen molar-refractivity contribution in [3.05, 3.63) is 63.3 Å². The van der Waals surface area contributed by atoms with Gasteiger partial charge in [0.1, 0.15) is 12.0 Å². The molecular formula is C20H26N4O2. The van der Waals surface area contributed by atoms with Crippen molar-refractivity contribution in [1.82, 2.24) is 9.88 Å². The van der Waals surface area contributed by atoms with Gasteiger partial charge in [-0.1, -0.05) is 30.7 Å². The van der Waals surface area contributed by atoms with Crippen LogP contribution in [0.2, 0.25) is 0 Å². The zero-order valence-corrected chi connectivity index (χ0v) is 15.4. The Morgan fingerprint density at radius 3 is 2.77 bits per heavy atom. The van der Waals surface area contributed by atoms with Crippen molar-refractivity contribution in [3.8, 4) is 0 Å². The topological polar surface area (TPSA) is 71.3 Å². The third kappa shape index (κ3) is 4.38. The second-order valence-corrected chi connectivity index (χ2v) is 7.05. The van der Waals surface area contributed by atoms with Gasteiger partial charge in [-0.3, -0.25) is 15.0 Å². The minimum atomic E-state index is -0.418. The van der Waals surface area contributed by atoms with Gasteiger partial charge >= 0.3 is 0 Å². The molecule has 1 aliphatic heterocycles. The van der Waals surface area contributed by atoms with E-state index < -0.39 is 4.92 Å². The fraction of sp³-hybridized carbons (Fsp3) is 0.450. The van der Waals surface area contributed by atoms with Crippen LogP contribution in [0, 0.1) is 17.0 Å². The molecule has 1 aliphatic rings. The zero-order valence-electron chi connectivity index (χ0n) is 15.4. The number of piperidine rings is 1. The van der Waals surface area contributed by atoms with Gasteiger partial charge in [-0.2, -0.15) is 0 Å². The molecule has 0 saturated carbocycles. The molecule has 26 heavy (non-hydrogen) atoms. The maximum Gasteiger partial charge on any atom is 0.287 e. The average Bonchev–Trinajstić information content (AvgIpc) is 2.63. The fourth-order valence-electron chi connectivity index (χ4n) is 3.52. The van der Waals surface area contributed by atoms with Crippen LogP contribution in [0.1, 0.15) is 42.9 Å². The minimum absolute atomic E-state index is 0.0209. The quantitative estimate of drug-likeness (QED) is 0.619. The van der Waals surface area contributed by atoms with E-state index in [2.05, 4.69) is 46.4 Å². The Morgan fingerprint density at radius 1 is 1.31 bits per heavy atom. The van der Waals surface area contributed by atoms with Crippen LogP contribution in [0.4, 0.5) is 11.5 Å². The van der Waals surface area contributed by atoms with Gasteiger partial charge < -0.3 is 5.32 Å². The van der Waals surface area contributed by atoms with E-state index >= 15 is 0 Å². The molecule has 1 saturated heterocycles. The molecule has 138 valence electrons. The van der Waals surface area contributed by atoms with E-state index in [4.69, 9.17) is 0 Å². The average molecular weight is 354 g/mol. The molecule has 6 heteroatoms. The van der Waals surface area contributed by atoms with E-state index in [0.29, 0.717) is 18.4 Å². The molecule has 2 aromatic rings. The molecule has 0 aliphatic carbocycles. The number of hydrogen-bond acceptors (Lipinski definition) is 5. The number of aryl methyl sites for hydroxylation is 1. The summed E-state index contributed by atoms with van der Waals surface area (Å²) in [7, 11) is 0. The number of rotatable bonds is 6. The maximum atomic E-state index is 10.8. The Labute approximate surface area is 154 Å². The summed E-state index contributed by atoms with van der Waals surface area (Å²) < 4.78 is 0. The van der Waals surface area contributed by atoms with Crippen LogP contribution in [0.25, 0.3) is 0 Å². The number of nitro groups is 1. The first kappa shape index (κ1) is 18.3. The summed E-state index contributed by atoms with van der Waals surface area (Å²) in [5.41, 5.74) is 3.37. The van der Waals surface area contributed by atoms with E-state index in [1.165, 1.54) is 36.6 Å². The lowest BCUT2D eigenvalue weighted by molar-refractivity contribution is -0.385. The highest BCUT2D eigenvalue weighted by Gasteiger charge is 2.19. The summed E-state index contributed by atoms with van der Waals surface area (Å²) in [6.07, 6.45) is 5.17. The van der Waals surface area contributed by atoms with Crippen molar-refractivity contribution in [2.75, 3.05) is 11.9 Å². The highest BCUT2D eigenvalue weighted by atomic mass is 16.6. The van der Waals surface area contributed by atoms with Gasteiger partial charge in [0.2, 0.25) is 0 Å². The van der Waals surface area contributed by atoms with Gasteiger partial charge in [-0.05, 0) is 49.9 Å². The van der Waals surface area contributed by atoms with E-state index in [-0.39, 0.29) is 5.69 Å². The lowest BCUT2D eigenvalue weighted by Gasteiger charge is -2.33. The Hall–Kier alpha value is -2.47. The third-order valence-electron chi connectivity index (χ3n) is 5.15. The van der Waals surface area contributed by atoms with Crippen LogP contribution < -0.4 is 5.32 Å². The summed E-state index contributed by atoms with van der Waals surface area (Å²) >= 11 is 0. The summed E-state index contributed by atoms with van der Waals surface area (Å²) in [5, 5.41) is 14.2. The summed E-state index contributed by atoms with van der Waals surface area (Å²) in [5.74, 6) is 0.691. The standard InChI is InChI=1S/C20H26N4O2/c1-15-11-19(24(25)26)13-22-20(15)21-12-17-8-3-4-9-18(17)14-23-10-6-5-7-16(23)2/h3-4,8-9,11,13,16H,5-7,10,12,14H2,1-2H3,(H,21,22). The van der Waals surface area contributed by atoms with Crippen molar-refractivity contribution in [3.63, 3.8) is 0 Å². The van der Waals surface area contributed by atoms with Crippen LogP contribution in [-0.2, 0) is 13.1 Å². The largest absolute Gasteiger partial charge is 0.366 e. The summed E-state index contributed by atoms with van der Waals surface area (Å²) in [4.78, 5) is 17.2. The van der Waals surface area contributed by atoms with Crippen molar-refractivity contribution < 1.29 is 4.92 Å². The first-order valence-corrected chi connectivity index (χ1v) is 9.20. The van der Waals surface area contributed by atoms with Gasteiger partial charge in [0.25, 0.3) is 5.69 Å². The normalized spacial score (nSPS) is 17.8. The van der Waals surface area contributed by atoms with E-state index in [1.807, 2.05) is 6.92 Å². The second kappa shape index (κ2) is 8.27. The highest BCUT2D eigenvalue weighted by Crippen LogP contribution is 2.22. The van der Waals surface area contributed by atoms with Crippen LogP contribution in [0.5, 0.6) is 0 Å². The minimum Gasteiger partial charge on any atom is -0.366 e. The van der Waals surface area contributed by atoms with Crippen LogP contribution in [-0.4, -0.2) is 27.4 Å². The number of likely N-dealkylation sites (tertiary alicyclic amines) is 1. The molecule has 1 atom stereocenters. The number of pyridine rings is 1. The molecule has 0 spiro atoms. The van der Waals surface area contributed by atoms with Gasteiger partial charge in [0.05, 0.1) is 4.92 Å². The van der Waals surface area contributed by atoms with Gasteiger partial charge in [-0.15, -0.1) is 0 Å². The van der Waals surface area contributed by atoms with E-state index in [9.17, 15) is 10.1 Å². The number of benzene rings is 1. The van der Waals surface area contributed by atoms with Crippen LogP contribution in [0.15, 0.2) is 36.5 Å². The Bertz CT molecular complexity index is 778. The highest BCUT2D eigenvalue weighted by molar-refractivity contribution is 5.48. The monoisotopic (exact) mass is 354 g/mol. The first-order valence-electron chi connectivity index (χ1n) is 9.20. The van der Waals surface area contributed by atoms with Crippen molar-refractivity contribution in [2.45, 2.75) is 52.2 Å². The third-order valence-corrected chi connectivity index (χ3v) is 5.15. The number of aromatic nitrogens is 1. The van der Waals surface area contributed by atoms with Gasteiger partial charge in [0, 0.05) is 25.2 Å². The maximum absolute atomic E-state index is 10.8. The summed E-state index contributed by atoms with van der Waals surface area (Å²) in [6.45, 7) is 6.93. The molecule has 2 heterocycles. The predicted molar refractivity (Wildman–Crippen MR) is 103 cm³/mol. The number of hydrogen-bond donors (Lipinski definition) is 1. The molecule has 1 N–H and O–H groups in total. The van der Waals surface area contributed by atoms with Gasteiger partial charge in [-0.25, -0.2) is 4.98 Å². The molecule has 0 bridgehead atoms. The number of anilines is 1. The smallest absolute Gasteiger partial charge is 0.287 e. The Kier molecular flexibility index (Phi) is 5.83. The number of nitrogens with one attached hydrogen (secondary N) is 1. The molecule has 1 aromatic carbocycles. The van der Waals surface area contributed by atoms with Crippen molar-refractivity contribution in [2.24, 2.45) is 0 Å². The molecule has 0 amide bonds. The first-order chi connectivity index (χ1) is 12.5. The van der Waals surface area contributed by atoms with Crippen molar-refractivity contribution >= 4 is 11.5 Å². The zero-order chi connectivity index (χ0) is 18.5. The number of nitrogens with zero attached hydrogens (tertiary/aromatic N) is 3. The molecule has 0 radical (unpaired) electrons. The molecule has 6 nitrogen and oxygen atoms in total. The summed E-state index contributed by atoms with van der Waals surface area (Å²) in [6, 6.07) is 10.6. The van der Waals surface area contributed by atoms with Crippen LogP contribution >= 0.6 is 0 Å². The molecular weight excluding hydrogens is 328 g/mol. The van der Waals surface area contributed by atoms with Crippen molar-refractivity contribution in [1.29, 1.82) is 0 Å². The molecule has 3 rings (SSSR count). The Morgan fingerprint density at radius 2 is 2.08 bits per heavy atom. The Balaban J connectivity index is 1.69. The lowest BCUT2D eigenvalue weighted by atomic mass is 10.0.